The summed E-state index contributed by atoms with van der Waals surface area (Å²) in [6.45, 7) is 2.00. The van der Waals surface area contributed by atoms with Crippen molar-refractivity contribution in [3.05, 3.63) is 40.6 Å². The Hall–Kier alpha value is -2.10. The lowest BCUT2D eigenvalue weighted by Gasteiger charge is -2.02. The Kier molecular flexibility index (Phi) is 1.83. The third kappa shape index (κ3) is 1.23. The van der Waals surface area contributed by atoms with Gasteiger partial charge >= 0.3 is 5.76 Å². The molecule has 0 aliphatic heterocycles. The van der Waals surface area contributed by atoms with Crippen LogP contribution in [0.3, 0.4) is 0 Å². The fraction of sp³-hybridized carbons (Fsp3) is 0.167. The van der Waals surface area contributed by atoms with E-state index >= 15 is 0 Å². The first kappa shape index (κ1) is 9.15. The van der Waals surface area contributed by atoms with E-state index in [0.717, 1.165) is 28.4 Å². The van der Waals surface area contributed by atoms with Crippen LogP contribution < -0.4 is 5.76 Å². The summed E-state index contributed by atoms with van der Waals surface area (Å²) in [4.78, 5) is 18.2. The predicted octanol–water partition coefficient (Wildman–Crippen LogP) is 2.23. The fourth-order valence-electron chi connectivity index (χ4n) is 1.94. The molecule has 3 aromatic rings. The van der Waals surface area contributed by atoms with E-state index in [1.54, 1.807) is 12.3 Å². The summed E-state index contributed by atoms with van der Waals surface area (Å²) < 4.78 is 5.13. The highest BCUT2D eigenvalue weighted by Gasteiger charge is 2.06. The van der Waals surface area contributed by atoms with Crippen LogP contribution in [0.15, 0.2) is 33.6 Å². The number of aromatic nitrogens is 2. The molecule has 0 fully saturated rings. The van der Waals surface area contributed by atoms with Crippen LogP contribution in [0.4, 0.5) is 0 Å². The highest BCUT2D eigenvalue weighted by molar-refractivity contribution is 5.94. The zero-order valence-electron chi connectivity index (χ0n) is 8.78. The molecule has 0 aliphatic rings. The van der Waals surface area contributed by atoms with E-state index in [0.29, 0.717) is 5.58 Å². The van der Waals surface area contributed by atoms with Crippen molar-refractivity contribution in [2.75, 3.05) is 0 Å². The van der Waals surface area contributed by atoms with Gasteiger partial charge in [-0.05, 0) is 18.6 Å². The van der Waals surface area contributed by atoms with Gasteiger partial charge in [0.15, 0.2) is 0 Å². The first-order valence-corrected chi connectivity index (χ1v) is 5.18. The van der Waals surface area contributed by atoms with Gasteiger partial charge in [0.25, 0.3) is 0 Å². The maximum atomic E-state index is 11.3. The second kappa shape index (κ2) is 3.20. The van der Waals surface area contributed by atoms with Crippen LogP contribution in [0.25, 0.3) is 21.9 Å². The molecule has 0 amide bonds. The van der Waals surface area contributed by atoms with E-state index in [9.17, 15) is 4.79 Å². The first-order chi connectivity index (χ1) is 7.78. The van der Waals surface area contributed by atoms with Crippen LogP contribution in [-0.4, -0.2) is 9.97 Å². The molecule has 0 saturated heterocycles. The molecule has 16 heavy (non-hydrogen) atoms. The SMILES string of the molecule is CCc1[nH]c(=O)oc2cc3nccc3cc12. The van der Waals surface area contributed by atoms with Crippen molar-refractivity contribution < 1.29 is 4.42 Å². The van der Waals surface area contributed by atoms with Crippen LogP contribution in [0.5, 0.6) is 0 Å². The summed E-state index contributed by atoms with van der Waals surface area (Å²) in [5.41, 5.74) is 2.34. The number of aryl methyl sites for hydroxylation is 1. The van der Waals surface area contributed by atoms with Crippen molar-refractivity contribution in [2.45, 2.75) is 13.3 Å². The molecule has 80 valence electrons. The number of H-pyrrole nitrogens is 1. The molecule has 1 N–H and O–H groups in total. The van der Waals surface area contributed by atoms with E-state index in [-0.39, 0.29) is 0 Å². The van der Waals surface area contributed by atoms with Crippen LogP contribution in [0.1, 0.15) is 12.6 Å². The van der Waals surface area contributed by atoms with E-state index in [1.165, 1.54) is 0 Å². The summed E-state index contributed by atoms with van der Waals surface area (Å²) in [5, 5.41) is 2.01. The Morgan fingerprint density at radius 2 is 2.31 bits per heavy atom. The molecule has 2 heterocycles. The maximum Gasteiger partial charge on any atom is 0.416 e. The van der Waals surface area contributed by atoms with Crippen molar-refractivity contribution in [1.82, 2.24) is 9.97 Å². The molecule has 0 radical (unpaired) electrons. The van der Waals surface area contributed by atoms with Crippen molar-refractivity contribution in [1.29, 1.82) is 0 Å². The topological polar surface area (TPSA) is 58.9 Å². The van der Waals surface area contributed by atoms with Crippen LogP contribution in [-0.2, 0) is 6.42 Å². The van der Waals surface area contributed by atoms with Crippen molar-refractivity contribution >= 4 is 21.9 Å². The molecular weight excluding hydrogens is 204 g/mol. The monoisotopic (exact) mass is 214 g/mol. The zero-order chi connectivity index (χ0) is 11.1. The minimum absolute atomic E-state index is 0.421. The highest BCUT2D eigenvalue weighted by atomic mass is 16.4. The predicted molar refractivity (Wildman–Crippen MR) is 61.5 cm³/mol. The van der Waals surface area contributed by atoms with E-state index in [1.807, 2.05) is 19.1 Å². The van der Waals surface area contributed by atoms with Gasteiger partial charge < -0.3 is 4.42 Å². The third-order valence-corrected chi connectivity index (χ3v) is 2.73. The van der Waals surface area contributed by atoms with Gasteiger partial charge in [-0.25, -0.2) is 4.79 Å². The second-order valence-electron chi connectivity index (χ2n) is 3.70. The molecule has 1 aromatic carbocycles. The quantitative estimate of drug-likeness (QED) is 0.675. The van der Waals surface area contributed by atoms with Crippen molar-refractivity contribution in [3.8, 4) is 0 Å². The van der Waals surface area contributed by atoms with Gasteiger partial charge in [0, 0.05) is 28.7 Å². The maximum absolute atomic E-state index is 11.3. The number of aromatic amines is 1. The molecule has 2 aromatic heterocycles. The van der Waals surface area contributed by atoms with Gasteiger partial charge in [0.2, 0.25) is 0 Å². The average Bonchev–Trinajstić information content (AvgIpc) is 2.72. The number of benzene rings is 1. The molecule has 0 unspecified atom stereocenters. The van der Waals surface area contributed by atoms with Gasteiger partial charge in [-0.3, -0.25) is 9.97 Å². The Morgan fingerprint density at radius 1 is 1.44 bits per heavy atom. The van der Waals surface area contributed by atoms with Crippen LogP contribution >= 0.6 is 0 Å². The third-order valence-electron chi connectivity index (χ3n) is 2.73. The van der Waals surface area contributed by atoms with Gasteiger partial charge in [-0.2, -0.15) is 0 Å². The standard InChI is InChI=1S/C12H10N2O2/c1-2-9-8-5-7-3-4-13-10(7)6-11(8)16-12(15)14-9/h3-6H,2H2,1H3,(H,14,15). The van der Waals surface area contributed by atoms with Gasteiger partial charge in [-0.1, -0.05) is 6.92 Å². The number of rotatable bonds is 1. The summed E-state index contributed by atoms with van der Waals surface area (Å²) in [5.74, 6) is -0.421. The minimum Gasteiger partial charge on any atom is -0.409 e. The molecule has 0 saturated carbocycles. The van der Waals surface area contributed by atoms with E-state index in [2.05, 4.69) is 9.97 Å². The van der Waals surface area contributed by atoms with Gasteiger partial charge in [0.05, 0.1) is 5.52 Å². The Morgan fingerprint density at radius 3 is 3.12 bits per heavy atom. The Balaban J connectivity index is 2.53. The molecule has 3 rings (SSSR count). The number of fused-ring (bicyclic) bond motifs is 2. The van der Waals surface area contributed by atoms with Gasteiger partial charge in [0.1, 0.15) is 5.58 Å². The van der Waals surface area contributed by atoms with Crippen molar-refractivity contribution in [3.63, 3.8) is 0 Å². The Bertz CT molecular complexity index is 725. The Labute approximate surface area is 90.9 Å². The number of nitrogens with zero attached hydrogens (tertiary/aromatic N) is 1. The number of hydrogen-bond acceptors (Lipinski definition) is 3. The largest absolute Gasteiger partial charge is 0.416 e. The minimum atomic E-state index is -0.421. The van der Waals surface area contributed by atoms with Crippen LogP contribution in [0.2, 0.25) is 0 Å². The summed E-state index contributed by atoms with van der Waals surface area (Å²) in [7, 11) is 0. The average molecular weight is 214 g/mol. The number of nitrogens with one attached hydrogen (secondary N) is 1. The fourth-order valence-corrected chi connectivity index (χ4v) is 1.94. The lowest BCUT2D eigenvalue weighted by molar-refractivity contribution is 0.527. The summed E-state index contributed by atoms with van der Waals surface area (Å²) in [6, 6.07) is 5.74. The smallest absolute Gasteiger partial charge is 0.409 e. The molecule has 4 nitrogen and oxygen atoms in total. The lowest BCUT2D eigenvalue weighted by Crippen LogP contribution is -2.07. The lowest BCUT2D eigenvalue weighted by atomic mass is 10.1. The molecule has 0 spiro atoms. The normalized spacial score (nSPS) is 11.3. The molecule has 4 heteroatoms. The van der Waals surface area contributed by atoms with Crippen molar-refractivity contribution in [2.24, 2.45) is 0 Å². The molecule has 0 atom stereocenters. The second-order valence-corrected chi connectivity index (χ2v) is 3.70. The van der Waals surface area contributed by atoms with Crippen LogP contribution in [0, 0.1) is 0 Å². The first-order valence-electron chi connectivity index (χ1n) is 5.18. The van der Waals surface area contributed by atoms with E-state index < -0.39 is 5.76 Å². The van der Waals surface area contributed by atoms with E-state index in [4.69, 9.17) is 4.42 Å². The zero-order valence-corrected chi connectivity index (χ0v) is 8.78. The summed E-state index contributed by atoms with van der Waals surface area (Å²) in [6.07, 6.45) is 2.51. The molecular formula is C12H10N2O2. The number of hydrogen-bond donors (Lipinski definition) is 1. The summed E-state index contributed by atoms with van der Waals surface area (Å²) >= 11 is 0. The van der Waals surface area contributed by atoms with Gasteiger partial charge in [-0.15, -0.1) is 0 Å². The molecule has 0 bridgehead atoms. The molecule has 0 aliphatic carbocycles. The highest BCUT2D eigenvalue weighted by Crippen LogP contribution is 2.22.